The molecule has 2 heterocycles. The number of H-pyrrole nitrogens is 1. The minimum Gasteiger partial charge on any atom is -0.381 e. The van der Waals surface area contributed by atoms with Crippen molar-refractivity contribution in [2.75, 3.05) is 16.8 Å². The van der Waals surface area contributed by atoms with Gasteiger partial charge in [-0.1, -0.05) is 92.2 Å². The normalized spacial score (nSPS) is 14.9. The lowest BCUT2D eigenvalue weighted by molar-refractivity contribution is -0.131. The van der Waals surface area contributed by atoms with Crippen LogP contribution >= 0.6 is 0 Å². The smallest absolute Gasteiger partial charge is 0.247 e. The van der Waals surface area contributed by atoms with Gasteiger partial charge in [-0.2, -0.15) is 5.21 Å². The summed E-state index contributed by atoms with van der Waals surface area (Å²) in [7, 11) is 0. The molecule has 1 aromatic heterocycles. The highest BCUT2D eigenvalue weighted by Crippen LogP contribution is 2.35. The topological polar surface area (TPSA) is 174 Å². The number of aromatic amines is 1. The third-order valence-corrected chi connectivity index (χ3v) is 8.22. The van der Waals surface area contributed by atoms with Gasteiger partial charge in [-0.3, -0.25) is 24.1 Å². The molecule has 1 aliphatic rings. The van der Waals surface area contributed by atoms with E-state index in [-0.39, 0.29) is 37.8 Å². The summed E-state index contributed by atoms with van der Waals surface area (Å²) >= 11 is 0. The van der Waals surface area contributed by atoms with Gasteiger partial charge in [0.25, 0.3) is 0 Å². The third-order valence-electron chi connectivity index (χ3n) is 8.22. The second-order valence-corrected chi connectivity index (χ2v) is 11.5. The van der Waals surface area contributed by atoms with Crippen molar-refractivity contribution < 1.29 is 19.2 Å². The Bertz CT molecular complexity index is 1670. The zero-order valence-electron chi connectivity index (χ0n) is 26.4. The Morgan fingerprint density at radius 1 is 0.936 bits per heavy atom. The number of hydrogen-bond acceptors (Lipinski definition) is 8. The number of rotatable bonds is 14. The Kier molecular flexibility index (Phi) is 10.9. The molecule has 5 N–H and O–H groups in total. The molecule has 5 rings (SSSR count). The SMILES string of the molecule is CCC(C)C(NC(=O)Cc1ccccc1)C(=O)NCC(=O)N1c2cc(NCc3ccccc3)ccc2C[C@H]1C(=O)NCc1nn[nH]n1. The number of aromatic nitrogens is 4. The van der Waals surface area contributed by atoms with Crippen molar-refractivity contribution in [2.45, 2.75) is 58.3 Å². The lowest BCUT2D eigenvalue weighted by Gasteiger charge is -2.27. The summed E-state index contributed by atoms with van der Waals surface area (Å²) in [5.41, 5.74) is 4.10. The first-order valence-corrected chi connectivity index (χ1v) is 15.7. The standard InChI is InChI=1S/C34H39N9O4/c1-3-22(2)32(38-30(44)16-23-10-6-4-7-11-23)34(47)37-21-31(45)43-27-18-26(35-19-24-12-8-5-9-13-24)15-14-25(27)17-28(43)33(46)36-20-29-39-41-42-40-29/h4-15,18,22,28,32,35H,3,16-17,19-21H2,1-2H3,(H,36,46)(H,37,47)(H,38,44)(H,39,40,41,42)/t22?,28-,32?/m0/s1. The second kappa shape index (κ2) is 15.6. The summed E-state index contributed by atoms with van der Waals surface area (Å²) in [6.45, 7) is 4.05. The number of nitrogens with one attached hydrogen (secondary N) is 5. The molecule has 47 heavy (non-hydrogen) atoms. The van der Waals surface area contributed by atoms with Crippen LogP contribution in [0.15, 0.2) is 78.9 Å². The van der Waals surface area contributed by atoms with Gasteiger partial charge in [0.15, 0.2) is 5.82 Å². The third kappa shape index (κ3) is 8.57. The lowest BCUT2D eigenvalue weighted by atomic mass is 9.98. The van der Waals surface area contributed by atoms with Crippen LogP contribution in [0.25, 0.3) is 0 Å². The van der Waals surface area contributed by atoms with Crippen molar-refractivity contribution in [2.24, 2.45) is 5.92 Å². The Balaban J connectivity index is 1.30. The fourth-order valence-electron chi connectivity index (χ4n) is 5.46. The quantitative estimate of drug-likeness (QED) is 0.140. The Morgan fingerprint density at radius 3 is 2.34 bits per heavy atom. The van der Waals surface area contributed by atoms with Crippen molar-refractivity contribution >= 4 is 35.0 Å². The van der Waals surface area contributed by atoms with Gasteiger partial charge in [0.2, 0.25) is 23.6 Å². The number of amides is 4. The van der Waals surface area contributed by atoms with Gasteiger partial charge in [-0.05, 0) is 34.7 Å². The zero-order valence-corrected chi connectivity index (χ0v) is 26.4. The molecule has 0 spiro atoms. The Labute approximate surface area is 272 Å². The van der Waals surface area contributed by atoms with Gasteiger partial charge in [0.1, 0.15) is 12.1 Å². The number of carbonyl (C=O) groups is 4. The molecule has 0 fully saturated rings. The molecular weight excluding hydrogens is 598 g/mol. The van der Waals surface area contributed by atoms with E-state index in [4.69, 9.17) is 0 Å². The molecule has 244 valence electrons. The number of nitrogens with zero attached hydrogens (tertiary/aromatic N) is 4. The first-order valence-electron chi connectivity index (χ1n) is 15.7. The molecule has 1 aliphatic heterocycles. The van der Waals surface area contributed by atoms with Crippen molar-refractivity contribution in [1.82, 2.24) is 36.6 Å². The predicted octanol–water partition coefficient (Wildman–Crippen LogP) is 2.28. The van der Waals surface area contributed by atoms with Gasteiger partial charge in [-0.25, -0.2) is 0 Å². The number of fused-ring (bicyclic) bond motifs is 1. The molecule has 0 radical (unpaired) electrons. The Morgan fingerprint density at radius 2 is 1.66 bits per heavy atom. The molecule has 0 aliphatic carbocycles. The Hall–Kier alpha value is -5.59. The van der Waals surface area contributed by atoms with E-state index in [2.05, 4.69) is 41.9 Å². The van der Waals surface area contributed by atoms with Gasteiger partial charge in [-0.15, -0.1) is 10.2 Å². The zero-order chi connectivity index (χ0) is 33.2. The van der Waals surface area contributed by atoms with Crippen molar-refractivity contribution in [3.63, 3.8) is 0 Å². The van der Waals surface area contributed by atoms with E-state index in [1.165, 1.54) is 4.90 Å². The van der Waals surface area contributed by atoms with Gasteiger partial charge >= 0.3 is 0 Å². The number of anilines is 2. The summed E-state index contributed by atoms with van der Waals surface area (Å²) in [5.74, 6) is -1.49. The van der Waals surface area contributed by atoms with E-state index in [1.54, 1.807) is 0 Å². The van der Waals surface area contributed by atoms with E-state index < -0.39 is 29.8 Å². The van der Waals surface area contributed by atoms with Crippen LogP contribution in [0, 0.1) is 5.92 Å². The van der Waals surface area contributed by atoms with E-state index >= 15 is 0 Å². The molecule has 4 amide bonds. The van der Waals surface area contributed by atoms with Crippen molar-refractivity contribution in [3.8, 4) is 0 Å². The average molecular weight is 638 g/mol. The molecule has 3 atom stereocenters. The van der Waals surface area contributed by atoms with Crippen LogP contribution in [0.4, 0.5) is 11.4 Å². The number of carbonyl (C=O) groups excluding carboxylic acids is 4. The molecule has 13 heteroatoms. The maximum Gasteiger partial charge on any atom is 0.247 e. The number of benzene rings is 3. The van der Waals surface area contributed by atoms with Crippen LogP contribution in [0.2, 0.25) is 0 Å². The summed E-state index contributed by atoms with van der Waals surface area (Å²) in [6.07, 6.45) is 1.06. The largest absolute Gasteiger partial charge is 0.381 e. The monoisotopic (exact) mass is 637 g/mol. The van der Waals surface area contributed by atoms with E-state index in [0.29, 0.717) is 24.5 Å². The maximum absolute atomic E-state index is 13.9. The summed E-state index contributed by atoms with van der Waals surface area (Å²) in [5, 5.41) is 25.3. The molecule has 0 bridgehead atoms. The minimum absolute atomic E-state index is 0.0318. The van der Waals surface area contributed by atoms with Crippen LogP contribution in [0.1, 0.15) is 42.8 Å². The minimum atomic E-state index is -0.860. The van der Waals surface area contributed by atoms with Crippen molar-refractivity contribution in [3.05, 3.63) is 101 Å². The molecular formula is C34H39N9O4. The first kappa shape index (κ1) is 32.8. The van der Waals surface area contributed by atoms with Gasteiger partial charge < -0.3 is 21.3 Å². The van der Waals surface area contributed by atoms with Crippen LogP contribution in [0.3, 0.4) is 0 Å². The fraction of sp³-hybridized carbons (Fsp3) is 0.324. The van der Waals surface area contributed by atoms with E-state index in [0.717, 1.165) is 22.4 Å². The number of tetrazole rings is 1. The van der Waals surface area contributed by atoms with Crippen LogP contribution < -0.4 is 26.2 Å². The summed E-state index contributed by atoms with van der Waals surface area (Å²) in [4.78, 5) is 55.0. The van der Waals surface area contributed by atoms with Crippen LogP contribution in [-0.4, -0.2) is 62.9 Å². The molecule has 0 saturated heterocycles. The molecule has 2 unspecified atom stereocenters. The van der Waals surface area contributed by atoms with E-state index in [9.17, 15) is 19.2 Å². The lowest BCUT2D eigenvalue weighted by Crippen LogP contribution is -2.54. The molecule has 3 aromatic carbocycles. The predicted molar refractivity (Wildman–Crippen MR) is 176 cm³/mol. The summed E-state index contributed by atoms with van der Waals surface area (Å²) in [6, 6.07) is 23.1. The number of hydrogen-bond donors (Lipinski definition) is 5. The highest BCUT2D eigenvalue weighted by molar-refractivity contribution is 6.05. The molecule has 4 aromatic rings. The second-order valence-electron chi connectivity index (χ2n) is 11.5. The maximum atomic E-state index is 13.9. The molecule has 13 nitrogen and oxygen atoms in total. The van der Waals surface area contributed by atoms with Gasteiger partial charge in [0.05, 0.1) is 19.5 Å². The van der Waals surface area contributed by atoms with E-state index in [1.807, 2.05) is 92.7 Å². The van der Waals surface area contributed by atoms with Crippen molar-refractivity contribution in [1.29, 1.82) is 0 Å². The van der Waals surface area contributed by atoms with Gasteiger partial charge in [0, 0.05) is 24.3 Å². The summed E-state index contributed by atoms with van der Waals surface area (Å²) < 4.78 is 0. The average Bonchev–Trinajstić information content (AvgIpc) is 3.76. The van der Waals surface area contributed by atoms with Crippen LogP contribution in [-0.2, 0) is 45.1 Å². The highest BCUT2D eigenvalue weighted by atomic mass is 16.2. The first-order chi connectivity index (χ1) is 22.8. The van der Waals surface area contributed by atoms with Crippen LogP contribution in [0.5, 0.6) is 0 Å². The highest BCUT2D eigenvalue weighted by Gasteiger charge is 2.39. The fourth-order valence-corrected chi connectivity index (χ4v) is 5.46. The molecule has 0 saturated carbocycles.